The lowest BCUT2D eigenvalue weighted by Gasteiger charge is -2.14. The molecule has 1 rings (SSSR count). The third kappa shape index (κ3) is 3.53. The third-order valence-corrected chi connectivity index (χ3v) is 2.87. The van der Waals surface area contributed by atoms with E-state index >= 15 is 0 Å². The minimum absolute atomic E-state index is 0.224. The summed E-state index contributed by atoms with van der Waals surface area (Å²) in [5.74, 6) is 0.392. The molecule has 1 aromatic carbocycles. The standard InChI is InChI=1S/C9H10ClNO3S/c1-2-11(15(10)13)9(12)14-8-6-4-3-5-7-8/h3-7H,2H2,1H3. The molecule has 0 radical (unpaired) electrons. The first-order valence-electron chi connectivity index (χ1n) is 4.27. The Balaban J connectivity index is 2.66. The zero-order valence-corrected chi connectivity index (χ0v) is 9.62. The monoisotopic (exact) mass is 247 g/mol. The van der Waals surface area contributed by atoms with E-state index in [1.165, 1.54) is 0 Å². The Bertz CT molecular complexity index is 358. The highest BCUT2D eigenvalue weighted by Crippen LogP contribution is 2.11. The summed E-state index contributed by atoms with van der Waals surface area (Å²) in [6.07, 6.45) is -0.725. The molecule has 4 nitrogen and oxygen atoms in total. The third-order valence-electron chi connectivity index (χ3n) is 1.61. The topological polar surface area (TPSA) is 46.6 Å². The molecule has 1 atom stereocenters. The summed E-state index contributed by atoms with van der Waals surface area (Å²) in [7, 11) is 3.43. The van der Waals surface area contributed by atoms with Crippen LogP contribution in [0.4, 0.5) is 4.79 Å². The summed E-state index contributed by atoms with van der Waals surface area (Å²) in [5.41, 5.74) is 0. The van der Waals surface area contributed by atoms with Crippen molar-refractivity contribution in [2.45, 2.75) is 6.92 Å². The summed E-state index contributed by atoms with van der Waals surface area (Å²) in [6, 6.07) is 8.52. The van der Waals surface area contributed by atoms with Crippen molar-refractivity contribution in [1.29, 1.82) is 0 Å². The molecule has 1 aromatic rings. The number of hydrogen-bond acceptors (Lipinski definition) is 3. The molecule has 0 aliphatic carbocycles. The van der Waals surface area contributed by atoms with Crippen molar-refractivity contribution in [3.63, 3.8) is 0 Å². The summed E-state index contributed by atoms with van der Waals surface area (Å²) in [4.78, 5) is 11.4. The summed E-state index contributed by atoms with van der Waals surface area (Å²) in [6.45, 7) is 1.88. The number of rotatable bonds is 3. The molecule has 0 saturated carbocycles. The molecule has 0 bridgehead atoms. The van der Waals surface area contributed by atoms with E-state index in [2.05, 4.69) is 0 Å². The van der Waals surface area contributed by atoms with Gasteiger partial charge in [-0.15, -0.1) is 0 Å². The second-order valence-electron chi connectivity index (χ2n) is 2.58. The van der Waals surface area contributed by atoms with Gasteiger partial charge in [0, 0.05) is 17.2 Å². The quantitative estimate of drug-likeness (QED) is 0.770. The maximum absolute atomic E-state index is 11.4. The zero-order valence-electron chi connectivity index (χ0n) is 8.05. The Hall–Kier alpha value is -1.07. The van der Waals surface area contributed by atoms with Crippen molar-refractivity contribution >= 4 is 27.0 Å². The van der Waals surface area contributed by atoms with Crippen molar-refractivity contribution in [1.82, 2.24) is 4.31 Å². The molecule has 82 valence electrons. The van der Waals surface area contributed by atoms with Crippen LogP contribution in [0.2, 0.25) is 0 Å². The van der Waals surface area contributed by atoms with Gasteiger partial charge >= 0.3 is 6.09 Å². The van der Waals surface area contributed by atoms with Crippen LogP contribution < -0.4 is 4.74 Å². The molecule has 15 heavy (non-hydrogen) atoms. The Labute approximate surface area is 94.9 Å². The molecular weight excluding hydrogens is 238 g/mol. The van der Waals surface area contributed by atoms with Gasteiger partial charge in [-0.05, 0) is 19.1 Å². The van der Waals surface area contributed by atoms with Crippen LogP contribution in [0.1, 0.15) is 6.92 Å². The Morgan fingerprint density at radius 1 is 1.47 bits per heavy atom. The molecule has 0 spiro atoms. The predicted octanol–water partition coefficient (Wildman–Crippen LogP) is 2.32. The average molecular weight is 248 g/mol. The number of benzene rings is 1. The molecule has 0 aliphatic heterocycles. The fourth-order valence-corrected chi connectivity index (χ4v) is 1.75. The molecule has 6 heteroatoms. The van der Waals surface area contributed by atoms with Crippen LogP contribution >= 0.6 is 10.7 Å². The van der Waals surface area contributed by atoms with E-state index in [4.69, 9.17) is 15.4 Å². The molecule has 1 unspecified atom stereocenters. The lowest BCUT2D eigenvalue weighted by molar-refractivity contribution is 0.182. The SMILES string of the molecule is CCN(C(=O)Oc1ccccc1)S(=O)Cl. The van der Waals surface area contributed by atoms with Gasteiger partial charge in [-0.25, -0.2) is 13.3 Å². The van der Waals surface area contributed by atoms with Crippen LogP contribution in [0, 0.1) is 0 Å². The van der Waals surface area contributed by atoms with Gasteiger partial charge < -0.3 is 4.74 Å². The van der Waals surface area contributed by atoms with E-state index in [0.29, 0.717) is 5.75 Å². The number of carbonyl (C=O) groups excluding carboxylic acids is 1. The first-order chi connectivity index (χ1) is 7.15. The normalized spacial score (nSPS) is 11.9. The predicted molar refractivity (Wildman–Crippen MR) is 58.8 cm³/mol. The van der Waals surface area contributed by atoms with Gasteiger partial charge in [0.15, 0.2) is 0 Å². The summed E-state index contributed by atoms with van der Waals surface area (Å²) >= 11 is 0. The molecule has 0 heterocycles. The second kappa shape index (κ2) is 5.72. The Kier molecular flexibility index (Phi) is 4.58. The molecular formula is C9H10ClNO3S. The lowest BCUT2D eigenvalue weighted by Crippen LogP contribution is -2.32. The number of carbonyl (C=O) groups is 1. The van der Waals surface area contributed by atoms with E-state index < -0.39 is 16.3 Å². The first-order valence-corrected chi connectivity index (χ1v) is 6.21. The van der Waals surface area contributed by atoms with Gasteiger partial charge in [0.05, 0.1) is 0 Å². The zero-order chi connectivity index (χ0) is 11.3. The number of halogens is 1. The van der Waals surface area contributed by atoms with Crippen molar-refractivity contribution in [3.05, 3.63) is 30.3 Å². The van der Waals surface area contributed by atoms with Crippen molar-refractivity contribution in [2.75, 3.05) is 6.54 Å². The average Bonchev–Trinajstić information content (AvgIpc) is 2.19. The molecule has 1 amide bonds. The van der Waals surface area contributed by atoms with Crippen LogP contribution in [0.25, 0.3) is 0 Å². The first kappa shape index (κ1) is 12.0. The number of nitrogens with zero attached hydrogens (tertiary/aromatic N) is 1. The maximum Gasteiger partial charge on any atom is 0.428 e. The highest BCUT2D eigenvalue weighted by molar-refractivity contribution is 8.06. The Morgan fingerprint density at radius 2 is 2.07 bits per heavy atom. The number of ether oxygens (including phenoxy) is 1. The minimum atomic E-state index is -1.88. The van der Waals surface area contributed by atoms with Gasteiger partial charge in [-0.2, -0.15) is 0 Å². The van der Waals surface area contributed by atoms with Crippen LogP contribution in [-0.4, -0.2) is 21.2 Å². The maximum atomic E-state index is 11.4. The highest BCUT2D eigenvalue weighted by Gasteiger charge is 2.18. The molecule has 0 aliphatic rings. The van der Waals surface area contributed by atoms with E-state index in [9.17, 15) is 9.00 Å². The largest absolute Gasteiger partial charge is 0.428 e. The fraction of sp³-hybridized carbons (Fsp3) is 0.222. The fourth-order valence-electron chi connectivity index (χ4n) is 0.929. The molecule has 0 N–H and O–H groups in total. The van der Waals surface area contributed by atoms with E-state index in [0.717, 1.165) is 4.31 Å². The summed E-state index contributed by atoms with van der Waals surface area (Å²) in [5, 5.41) is 0. The van der Waals surface area contributed by atoms with Gasteiger partial charge in [-0.1, -0.05) is 18.2 Å². The van der Waals surface area contributed by atoms with Crippen molar-refractivity contribution < 1.29 is 13.7 Å². The smallest absolute Gasteiger partial charge is 0.410 e. The number of para-hydroxylation sites is 1. The highest BCUT2D eigenvalue weighted by atomic mass is 35.7. The Morgan fingerprint density at radius 3 is 2.53 bits per heavy atom. The molecule has 0 aromatic heterocycles. The van der Waals surface area contributed by atoms with Crippen LogP contribution in [0.3, 0.4) is 0 Å². The van der Waals surface area contributed by atoms with Gasteiger partial charge in [0.1, 0.15) is 5.75 Å². The van der Waals surface area contributed by atoms with Crippen LogP contribution in [0.5, 0.6) is 5.75 Å². The van der Waals surface area contributed by atoms with E-state index in [1.807, 2.05) is 0 Å². The number of hydrogen-bond donors (Lipinski definition) is 0. The second-order valence-corrected chi connectivity index (χ2v) is 4.23. The van der Waals surface area contributed by atoms with Gasteiger partial charge in [-0.3, -0.25) is 0 Å². The van der Waals surface area contributed by atoms with Crippen molar-refractivity contribution in [2.24, 2.45) is 0 Å². The van der Waals surface area contributed by atoms with Gasteiger partial charge in [0.25, 0.3) is 0 Å². The van der Waals surface area contributed by atoms with Gasteiger partial charge in [0.2, 0.25) is 10.2 Å². The summed E-state index contributed by atoms with van der Waals surface area (Å²) < 4.78 is 16.8. The minimum Gasteiger partial charge on any atom is -0.410 e. The molecule has 0 fully saturated rings. The number of amides is 1. The van der Waals surface area contributed by atoms with Crippen LogP contribution in [0.15, 0.2) is 30.3 Å². The molecule has 0 saturated heterocycles. The van der Waals surface area contributed by atoms with E-state index in [-0.39, 0.29) is 6.54 Å². The van der Waals surface area contributed by atoms with Crippen LogP contribution in [-0.2, 0) is 10.2 Å². The lowest BCUT2D eigenvalue weighted by atomic mass is 10.3. The van der Waals surface area contributed by atoms with E-state index in [1.54, 1.807) is 37.3 Å². The van der Waals surface area contributed by atoms with Crippen molar-refractivity contribution in [3.8, 4) is 5.75 Å².